The molecule has 1 aromatic rings. The minimum Gasteiger partial charge on any atom is -0.115 e. The second kappa shape index (κ2) is 4.00. The summed E-state index contributed by atoms with van der Waals surface area (Å²) in [5, 5.41) is 0. The monoisotopic (exact) mass is 166 g/mol. The van der Waals surface area contributed by atoms with E-state index >= 15 is 0 Å². The topological polar surface area (TPSA) is 0 Å². The van der Waals surface area contributed by atoms with Crippen molar-refractivity contribution in [3.63, 3.8) is 0 Å². The molecule has 0 fully saturated rings. The highest BCUT2D eigenvalue weighted by Gasteiger charge is 2.01. The van der Waals surface area contributed by atoms with Gasteiger partial charge in [0, 0.05) is 5.57 Å². The lowest BCUT2D eigenvalue weighted by molar-refractivity contribution is 1.13. The molecule has 0 aliphatic rings. The van der Waals surface area contributed by atoms with Crippen molar-refractivity contribution >= 4 is 18.9 Å². The van der Waals surface area contributed by atoms with Gasteiger partial charge in [0.05, 0.1) is 0 Å². The molecule has 0 saturated carbocycles. The molecule has 0 amide bonds. The van der Waals surface area contributed by atoms with Gasteiger partial charge in [-0.25, -0.2) is 0 Å². The Bertz CT molecular complexity index is 369. The summed E-state index contributed by atoms with van der Waals surface area (Å²) in [5.41, 5.74) is 3.67. The van der Waals surface area contributed by atoms with Crippen LogP contribution in [0.3, 0.4) is 0 Å². The van der Waals surface area contributed by atoms with Crippen LogP contribution >= 0.6 is 0 Å². The lowest BCUT2D eigenvalue weighted by atomic mass is 9.89. The molecule has 0 nitrogen and oxygen atoms in total. The van der Waals surface area contributed by atoms with Gasteiger partial charge in [0.1, 0.15) is 7.85 Å². The smallest absolute Gasteiger partial charge is 0.113 e. The molecule has 62 valence electrons. The van der Waals surface area contributed by atoms with E-state index < -0.39 is 0 Å². The van der Waals surface area contributed by atoms with Crippen molar-refractivity contribution in [1.82, 2.24) is 0 Å². The van der Waals surface area contributed by atoms with E-state index in [0.717, 1.165) is 28.6 Å². The van der Waals surface area contributed by atoms with Crippen LogP contribution in [-0.4, -0.2) is 7.85 Å². The molecule has 2 radical (unpaired) electrons. The van der Waals surface area contributed by atoms with Gasteiger partial charge in [-0.2, -0.15) is 0 Å². The molecule has 0 saturated heterocycles. The van der Waals surface area contributed by atoms with Crippen molar-refractivity contribution in [3.05, 3.63) is 35.9 Å². The first-order valence-electron chi connectivity index (χ1n) is 4.23. The Morgan fingerprint density at radius 3 is 2.85 bits per heavy atom. The zero-order valence-corrected chi connectivity index (χ0v) is 7.80. The third-order valence-electron chi connectivity index (χ3n) is 2.01. The van der Waals surface area contributed by atoms with Crippen molar-refractivity contribution in [3.8, 4) is 12.3 Å². The SMILES string of the molecule is [B]c1ccc(C(=C)C#C)c(CC)c1. The van der Waals surface area contributed by atoms with Gasteiger partial charge in [-0.1, -0.05) is 43.1 Å². The number of hydrogen-bond acceptors (Lipinski definition) is 0. The fourth-order valence-corrected chi connectivity index (χ4v) is 1.28. The summed E-state index contributed by atoms with van der Waals surface area (Å²) >= 11 is 0. The molecule has 0 unspecified atom stereocenters. The van der Waals surface area contributed by atoms with Crippen LogP contribution in [0.5, 0.6) is 0 Å². The van der Waals surface area contributed by atoms with Gasteiger partial charge in [-0.15, -0.1) is 6.42 Å². The maximum Gasteiger partial charge on any atom is 0.113 e. The third-order valence-corrected chi connectivity index (χ3v) is 2.01. The summed E-state index contributed by atoms with van der Waals surface area (Å²) < 4.78 is 0. The molecular weight excluding hydrogens is 155 g/mol. The molecule has 1 heteroatoms. The summed E-state index contributed by atoms with van der Waals surface area (Å²) in [5.74, 6) is 2.54. The first-order valence-corrected chi connectivity index (χ1v) is 4.23. The number of aryl methyl sites for hydroxylation is 1. The number of allylic oxidation sites excluding steroid dienone is 1. The van der Waals surface area contributed by atoms with E-state index in [2.05, 4.69) is 19.4 Å². The van der Waals surface area contributed by atoms with Crippen molar-refractivity contribution in [2.75, 3.05) is 0 Å². The highest BCUT2D eigenvalue weighted by Crippen LogP contribution is 2.16. The molecule has 0 atom stereocenters. The summed E-state index contributed by atoms with van der Waals surface area (Å²) in [6.07, 6.45) is 6.20. The zero-order chi connectivity index (χ0) is 9.84. The van der Waals surface area contributed by atoms with Gasteiger partial charge >= 0.3 is 0 Å². The maximum absolute atomic E-state index is 5.66. The van der Waals surface area contributed by atoms with Crippen LogP contribution in [0.15, 0.2) is 24.8 Å². The van der Waals surface area contributed by atoms with E-state index in [1.54, 1.807) is 0 Å². The Morgan fingerprint density at radius 1 is 1.62 bits per heavy atom. The quantitative estimate of drug-likeness (QED) is 0.463. The van der Waals surface area contributed by atoms with Crippen molar-refractivity contribution < 1.29 is 0 Å². The van der Waals surface area contributed by atoms with Crippen molar-refractivity contribution in [1.29, 1.82) is 0 Å². The van der Waals surface area contributed by atoms with Crippen LogP contribution in [0.2, 0.25) is 0 Å². The number of hydrogen-bond donors (Lipinski definition) is 0. The van der Waals surface area contributed by atoms with Crippen LogP contribution in [0, 0.1) is 12.3 Å². The lowest BCUT2D eigenvalue weighted by Crippen LogP contribution is -2.04. The summed E-state index contributed by atoms with van der Waals surface area (Å²) in [6.45, 7) is 5.88. The largest absolute Gasteiger partial charge is 0.115 e. The minimum atomic E-state index is 0.719. The molecule has 1 aromatic carbocycles. The molecule has 0 aromatic heterocycles. The fraction of sp³-hybridized carbons (Fsp3) is 0.167. The normalized spacial score (nSPS) is 9.23. The Labute approximate surface area is 81.1 Å². The zero-order valence-electron chi connectivity index (χ0n) is 7.80. The molecular formula is C12H11B. The number of terminal acetylenes is 1. The van der Waals surface area contributed by atoms with Crippen LogP contribution in [0.25, 0.3) is 5.57 Å². The summed E-state index contributed by atoms with van der Waals surface area (Å²) in [7, 11) is 5.66. The highest BCUT2D eigenvalue weighted by atomic mass is 14.0. The van der Waals surface area contributed by atoms with E-state index in [4.69, 9.17) is 14.3 Å². The Balaban J connectivity index is 3.23. The molecule has 0 aliphatic carbocycles. The van der Waals surface area contributed by atoms with Crippen LogP contribution < -0.4 is 5.46 Å². The Morgan fingerprint density at radius 2 is 2.31 bits per heavy atom. The van der Waals surface area contributed by atoms with Crippen LogP contribution in [-0.2, 0) is 6.42 Å². The molecule has 0 heterocycles. The second-order valence-corrected chi connectivity index (χ2v) is 2.89. The predicted molar refractivity (Wildman–Crippen MR) is 59.1 cm³/mol. The molecule has 1 rings (SSSR count). The van der Waals surface area contributed by atoms with E-state index in [9.17, 15) is 0 Å². The Hall–Kier alpha value is -1.42. The molecule has 0 aliphatic heterocycles. The van der Waals surface area contributed by atoms with E-state index in [0.29, 0.717) is 0 Å². The number of benzene rings is 1. The maximum atomic E-state index is 5.66. The average Bonchev–Trinajstić information content (AvgIpc) is 2.16. The van der Waals surface area contributed by atoms with E-state index in [1.165, 1.54) is 0 Å². The van der Waals surface area contributed by atoms with E-state index in [-0.39, 0.29) is 0 Å². The summed E-state index contributed by atoms with van der Waals surface area (Å²) in [6, 6.07) is 5.71. The van der Waals surface area contributed by atoms with Gasteiger partial charge in [0.25, 0.3) is 0 Å². The van der Waals surface area contributed by atoms with Gasteiger partial charge < -0.3 is 0 Å². The third kappa shape index (κ3) is 2.03. The molecule has 13 heavy (non-hydrogen) atoms. The fourth-order valence-electron chi connectivity index (χ4n) is 1.28. The van der Waals surface area contributed by atoms with Gasteiger partial charge in [-0.05, 0) is 17.5 Å². The highest BCUT2D eigenvalue weighted by molar-refractivity contribution is 6.32. The first-order chi connectivity index (χ1) is 6.19. The van der Waals surface area contributed by atoms with Crippen LogP contribution in [0.1, 0.15) is 18.1 Å². The average molecular weight is 166 g/mol. The second-order valence-electron chi connectivity index (χ2n) is 2.89. The van der Waals surface area contributed by atoms with Crippen LogP contribution in [0.4, 0.5) is 0 Å². The predicted octanol–water partition coefficient (Wildman–Crippen LogP) is 1.69. The standard InChI is InChI=1S/C12H11B/c1-4-9(3)12-7-6-11(13)8-10(12)5-2/h1,6-8H,3,5H2,2H3. The number of rotatable bonds is 2. The summed E-state index contributed by atoms with van der Waals surface area (Å²) in [4.78, 5) is 0. The lowest BCUT2D eigenvalue weighted by Gasteiger charge is -2.07. The van der Waals surface area contributed by atoms with E-state index in [1.807, 2.05) is 18.2 Å². The first kappa shape index (κ1) is 9.67. The molecule has 0 N–H and O–H groups in total. The molecule has 0 bridgehead atoms. The van der Waals surface area contributed by atoms with Gasteiger partial charge in [0.15, 0.2) is 0 Å². The molecule has 0 spiro atoms. The van der Waals surface area contributed by atoms with Crippen molar-refractivity contribution in [2.24, 2.45) is 0 Å². The van der Waals surface area contributed by atoms with Crippen molar-refractivity contribution in [2.45, 2.75) is 13.3 Å². The van der Waals surface area contributed by atoms with Gasteiger partial charge in [-0.3, -0.25) is 0 Å². The van der Waals surface area contributed by atoms with Gasteiger partial charge in [0.2, 0.25) is 0 Å². The minimum absolute atomic E-state index is 0.719. The Kier molecular flexibility index (Phi) is 2.98.